The van der Waals surface area contributed by atoms with E-state index in [-0.39, 0.29) is 53.9 Å². The van der Waals surface area contributed by atoms with Gasteiger partial charge in [0.1, 0.15) is 18.3 Å². The van der Waals surface area contributed by atoms with Crippen LogP contribution < -0.4 is 0 Å². The molecule has 0 heterocycles. The molecule has 0 saturated carbocycles. The Balaban J connectivity index is 0.00000529. The molecule has 0 fully saturated rings. The van der Waals surface area contributed by atoms with E-state index < -0.39 is 23.1 Å². The van der Waals surface area contributed by atoms with Crippen LogP contribution in [-0.2, 0) is 19.2 Å². The van der Waals surface area contributed by atoms with E-state index in [0.29, 0.717) is 18.6 Å². The van der Waals surface area contributed by atoms with Crippen LogP contribution in [0.4, 0.5) is 0 Å². The van der Waals surface area contributed by atoms with Crippen LogP contribution in [0, 0.1) is 11.3 Å². The Morgan fingerprint density at radius 3 is 2.62 bits per heavy atom. The summed E-state index contributed by atoms with van der Waals surface area (Å²) in [4.78, 5) is 30.0. The van der Waals surface area contributed by atoms with Crippen molar-refractivity contribution in [2.45, 2.75) is 40.0 Å². The number of ether oxygens (including phenoxy) is 1. The van der Waals surface area contributed by atoms with Crippen molar-refractivity contribution < 1.29 is 24.3 Å². The Hall–Kier alpha value is -1.11. The summed E-state index contributed by atoms with van der Waals surface area (Å²) < 4.78 is 4.77. The number of carbonyl (C=O) groups excluding carboxylic acids is 2. The molecule has 0 aromatic heterocycles. The van der Waals surface area contributed by atoms with Crippen molar-refractivity contribution >= 4 is 47.0 Å². The zero-order chi connectivity index (χ0) is 17.6. The van der Waals surface area contributed by atoms with Gasteiger partial charge < -0.3 is 14.7 Å². The Morgan fingerprint density at radius 1 is 1.50 bits per heavy atom. The fourth-order valence-electron chi connectivity index (χ4n) is 2.74. The molecule has 1 atom stereocenters. The first-order valence-electron chi connectivity index (χ1n) is 7.64. The van der Waals surface area contributed by atoms with E-state index in [2.05, 4.69) is 11.7 Å². The number of oxime groups is 1. The molecule has 1 N–H and O–H groups in total. The monoisotopic (exact) mass is 347 g/mol. The molecular formula is C17H26NNaO5. The number of Topliss-reactive ketones (excluding diaryl/α,β-unsaturated/α-hetero) is 1. The predicted molar refractivity (Wildman–Crippen MR) is 94.2 cm³/mol. The Morgan fingerprint density at radius 2 is 2.12 bits per heavy atom. The SMILES string of the molecule is C=CCO/N=C(\CCC)C1=C(O)CC(C)(C)C(C(=O)OC)C1=O.[NaH]. The third kappa shape index (κ3) is 5.19. The molecule has 0 saturated heterocycles. The minimum absolute atomic E-state index is 0. The normalized spacial score (nSPS) is 20.2. The quantitative estimate of drug-likeness (QED) is 0.145. The molecule has 0 aliphatic heterocycles. The molecule has 0 bridgehead atoms. The average Bonchev–Trinajstić information content (AvgIpc) is 2.45. The molecule has 0 aromatic carbocycles. The third-order valence-electron chi connectivity index (χ3n) is 3.78. The van der Waals surface area contributed by atoms with Crippen LogP contribution in [0.5, 0.6) is 0 Å². The van der Waals surface area contributed by atoms with E-state index in [4.69, 9.17) is 9.57 Å². The topological polar surface area (TPSA) is 85.2 Å². The molecule has 1 rings (SSSR count). The summed E-state index contributed by atoms with van der Waals surface area (Å²) in [7, 11) is 1.25. The second-order valence-corrected chi connectivity index (χ2v) is 6.18. The molecule has 1 aliphatic rings. The van der Waals surface area contributed by atoms with Gasteiger partial charge in [-0.1, -0.05) is 45.0 Å². The molecule has 0 spiro atoms. The van der Waals surface area contributed by atoms with Gasteiger partial charge in [0.05, 0.1) is 18.4 Å². The molecule has 0 radical (unpaired) electrons. The number of hydrogen-bond donors (Lipinski definition) is 1. The van der Waals surface area contributed by atoms with Crippen molar-refractivity contribution in [3.63, 3.8) is 0 Å². The summed E-state index contributed by atoms with van der Waals surface area (Å²) in [6.07, 6.45) is 2.89. The van der Waals surface area contributed by atoms with Crippen molar-refractivity contribution in [1.29, 1.82) is 0 Å². The summed E-state index contributed by atoms with van der Waals surface area (Å²) in [6, 6.07) is 0. The van der Waals surface area contributed by atoms with Gasteiger partial charge in [0, 0.05) is 6.42 Å². The number of nitrogens with zero attached hydrogens (tertiary/aromatic N) is 1. The van der Waals surface area contributed by atoms with Gasteiger partial charge in [0.25, 0.3) is 0 Å². The maximum atomic E-state index is 12.8. The summed E-state index contributed by atoms with van der Waals surface area (Å²) in [5.41, 5.74) is -0.302. The van der Waals surface area contributed by atoms with E-state index in [1.165, 1.54) is 13.2 Å². The first-order chi connectivity index (χ1) is 10.8. The van der Waals surface area contributed by atoms with E-state index >= 15 is 0 Å². The Bertz CT molecular complexity index is 551. The van der Waals surface area contributed by atoms with Crippen molar-refractivity contribution in [3.05, 3.63) is 24.0 Å². The molecule has 1 unspecified atom stereocenters. The van der Waals surface area contributed by atoms with Crippen LogP contribution in [0.3, 0.4) is 0 Å². The van der Waals surface area contributed by atoms with Crippen molar-refractivity contribution in [1.82, 2.24) is 0 Å². The fourth-order valence-corrected chi connectivity index (χ4v) is 2.74. The molecular weight excluding hydrogens is 321 g/mol. The average molecular weight is 347 g/mol. The number of carbonyl (C=O) groups is 2. The number of rotatable bonds is 7. The molecule has 6 nitrogen and oxygen atoms in total. The molecule has 0 amide bonds. The number of ketones is 1. The van der Waals surface area contributed by atoms with Gasteiger partial charge in [-0.05, 0) is 11.8 Å². The second-order valence-electron chi connectivity index (χ2n) is 6.18. The van der Waals surface area contributed by atoms with Crippen LogP contribution in [-0.4, -0.2) is 65.8 Å². The van der Waals surface area contributed by atoms with Crippen LogP contribution in [0.2, 0.25) is 0 Å². The zero-order valence-corrected chi connectivity index (χ0v) is 14.2. The van der Waals surface area contributed by atoms with Gasteiger partial charge in [-0.15, -0.1) is 0 Å². The number of allylic oxidation sites excluding steroid dienone is 2. The van der Waals surface area contributed by atoms with Gasteiger partial charge in [-0.2, -0.15) is 0 Å². The van der Waals surface area contributed by atoms with Gasteiger partial charge in [-0.25, -0.2) is 0 Å². The summed E-state index contributed by atoms with van der Waals surface area (Å²) in [6.45, 7) is 9.16. The standard InChI is InChI=1S/C17H25NO5.Na.H/c1-6-8-11(18-23-9-7-2)13-12(19)10-17(3,4)14(15(13)20)16(21)22-5;;/h7,14,19H,2,6,8-10H2,1,3-5H3;;/b18-11+;;. The minimum atomic E-state index is -0.972. The maximum absolute atomic E-state index is 12.8. The van der Waals surface area contributed by atoms with E-state index in [0.717, 1.165) is 0 Å². The van der Waals surface area contributed by atoms with Crippen molar-refractivity contribution in [3.8, 4) is 0 Å². The molecule has 0 aromatic rings. The van der Waals surface area contributed by atoms with E-state index in [1.807, 2.05) is 6.92 Å². The second kappa shape index (κ2) is 10.0. The van der Waals surface area contributed by atoms with Crippen molar-refractivity contribution in [2.24, 2.45) is 16.5 Å². The van der Waals surface area contributed by atoms with Gasteiger partial charge in [0.15, 0.2) is 5.78 Å². The first kappa shape index (κ1) is 22.9. The fraction of sp³-hybridized carbons (Fsp3) is 0.588. The number of methoxy groups -OCH3 is 1. The van der Waals surface area contributed by atoms with Gasteiger partial charge >= 0.3 is 35.5 Å². The van der Waals surface area contributed by atoms with Gasteiger partial charge in [-0.3, -0.25) is 9.59 Å². The third-order valence-corrected chi connectivity index (χ3v) is 3.78. The summed E-state index contributed by atoms with van der Waals surface area (Å²) in [5.74, 6) is -2.11. The van der Waals surface area contributed by atoms with Crippen LogP contribution >= 0.6 is 0 Å². The number of aliphatic hydroxyl groups excluding tert-OH is 1. The van der Waals surface area contributed by atoms with Crippen LogP contribution in [0.15, 0.2) is 29.1 Å². The molecule has 1 aliphatic carbocycles. The molecule has 24 heavy (non-hydrogen) atoms. The summed E-state index contributed by atoms with van der Waals surface area (Å²) in [5, 5.41) is 14.3. The van der Waals surface area contributed by atoms with E-state index in [1.54, 1.807) is 13.8 Å². The predicted octanol–water partition coefficient (Wildman–Crippen LogP) is 2.30. The Labute approximate surface area is 165 Å². The number of aliphatic hydroxyl groups is 1. The number of hydrogen-bond acceptors (Lipinski definition) is 6. The Kier molecular flexibility index (Phi) is 9.55. The van der Waals surface area contributed by atoms with Crippen LogP contribution in [0.25, 0.3) is 0 Å². The van der Waals surface area contributed by atoms with E-state index in [9.17, 15) is 14.7 Å². The first-order valence-corrected chi connectivity index (χ1v) is 7.64. The number of esters is 1. The van der Waals surface area contributed by atoms with Gasteiger partial charge in [0.2, 0.25) is 0 Å². The molecule has 7 heteroatoms. The zero-order valence-electron chi connectivity index (χ0n) is 14.2. The van der Waals surface area contributed by atoms with Crippen LogP contribution in [0.1, 0.15) is 40.0 Å². The summed E-state index contributed by atoms with van der Waals surface area (Å²) >= 11 is 0. The van der Waals surface area contributed by atoms with Crippen molar-refractivity contribution in [2.75, 3.05) is 13.7 Å². The molecule has 130 valence electrons.